The number of carboxylic acid groups (broad SMARTS) is 1. The van der Waals surface area contributed by atoms with Crippen LogP contribution in [0.4, 0.5) is 0 Å². The van der Waals surface area contributed by atoms with Gasteiger partial charge in [0.25, 0.3) is 0 Å². The lowest BCUT2D eigenvalue weighted by atomic mass is 9.97. The number of aliphatic carboxylic acids is 1. The van der Waals surface area contributed by atoms with Gasteiger partial charge >= 0.3 is 13.6 Å². The van der Waals surface area contributed by atoms with Gasteiger partial charge in [-0.2, -0.15) is 0 Å². The van der Waals surface area contributed by atoms with E-state index >= 15 is 0 Å². The highest BCUT2D eigenvalue weighted by atomic mass is 31.2. The summed E-state index contributed by atoms with van der Waals surface area (Å²) in [5.41, 5.74) is 0.00640. The van der Waals surface area contributed by atoms with Crippen LogP contribution in [0.2, 0.25) is 0 Å². The summed E-state index contributed by atoms with van der Waals surface area (Å²) in [6.45, 7) is 12.5. The molecule has 136 valence electrons. The van der Waals surface area contributed by atoms with E-state index < -0.39 is 30.7 Å². The van der Waals surface area contributed by atoms with Crippen molar-refractivity contribution < 1.29 is 23.5 Å². The van der Waals surface area contributed by atoms with Gasteiger partial charge in [0.2, 0.25) is 0 Å². The molecule has 0 fully saturated rings. The zero-order valence-corrected chi connectivity index (χ0v) is 16.5. The van der Waals surface area contributed by atoms with Gasteiger partial charge in [0, 0.05) is 0 Å². The molecule has 24 heavy (non-hydrogen) atoms. The Morgan fingerprint density at radius 3 is 1.96 bits per heavy atom. The Morgan fingerprint density at radius 1 is 1.08 bits per heavy atom. The maximum absolute atomic E-state index is 13.4. The molecule has 1 aromatic carbocycles. The third kappa shape index (κ3) is 6.76. The van der Waals surface area contributed by atoms with E-state index in [0.717, 1.165) is 0 Å². The van der Waals surface area contributed by atoms with E-state index in [9.17, 15) is 14.5 Å². The molecular weight excluding hydrogens is 327 g/mol. The molecule has 1 aromatic rings. The van der Waals surface area contributed by atoms with Crippen LogP contribution in [0.3, 0.4) is 0 Å². The zero-order chi connectivity index (χ0) is 18.8. The summed E-state index contributed by atoms with van der Waals surface area (Å²) in [6.07, 6.45) is 0.0370. The first-order chi connectivity index (χ1) is 10.7. The summed E-state index contributed by atoms with van der Waals surface area (Å²) in [5, 5.41) is 9.30. The van der Waals surface area contributed by atoms with Crippen molar-refractivity contribution in [2.45, 2.75) is 71.7 Å². The van der Waals surface area contributed by atoms with Crippen LogP contribution in [0.1, 0.15) is 65.5 Å². The maximum Gasteiger partial charge on any atom is 0.336 e. The molecule has 1 N–H and O–H groups in total. The second-order valence-corrected chi connectivity index (χ2v) is 9.84. The fourth-order valence-corrected chi connectivity index (χ4v) is 4.90. The second-order valence-electron chi connectivity index (χ2n) is 7.94. The van der Waals surface area contributed by atoms with Crippen LogP contribution < -0.4 is 0 Å². The van der Waals surface area contributed by atoms with Crippen LogP contribution in [0.25, 0.3) is 0 Å². The highest BCUT2D eigenvalue weighted by molar-refractivity contribution is 7.53. The third-order valence-corrected chi connectivity index (χ3v) is 5.46. The quantitative estimate of drug-likeness (QED) is 0.709. The van der Waals surface area contributed by atoms with Crippen LogP contribution >= 0.6 is 7.60 Å². The molecular formula is C18H29O5P. The standard InChI is InChI=1S/C18H29O5P/c1-13(16(19)20)15-11-9-8-10-14(15)12-24(21,22-17(2,3)4)23-18(5,6)7/h8-11,13H,12H2,1-7H3,(H,19,20). The molecule has 6 heteroatoms. The topological polar surface area (TPSA) is 72.8 Å². The van der Waals surface area contributed by atoms with Gasteiger partial charge in [-0.1, -0.05) is 24.3 Å². The molecule has 0 aromatic heterocycles. The van der Waals surface area contributed by atoms with Gasteiger partial charge in [0.15, 0.2) is 0 Å². The lowest BCUT2D eigenvalue weighted by Gasteiger charge is -2.32. The van der Waals surface area contributed by atoms with Crippen LogP contribution in [0.5, 0.6) is 0 Å². The number of carbonyl (C=O) groups is 1. The van der Waals surface area contributed by atoms with Gasteiger partial charge in [-0.05, 0) is 59.6 Å². The molecule has 0 aliphatic heterocycles. The van der Waals surface area contributed by atoms with E-state index in [-0.39, 0.29) is 6.16 Å². The predicted molar refractivity (Wildman–Crippen MR) is 95.5 cm³/mol. The molecule has 1 unspecified atom stereocenters. The summed E-state index contributed by atoms with van der Waals surface area (Å²) in [4.78, 5) is 11.3. The molecule has 0 amide bonds. The Balaban J connectivity index is 3.25. The number of hydrogen-bond donors (Lipinski definition) is 1. The van der Waals surface area contributed by atoms with Crippen molar-refractivity contribution in [2.24, 2.45) is 0 Å². The predicted octanol–water partition coefficient (Wildman–Crippen LogP) is 5.20. The summed E-state index contributed by atoms with van der Waals surface area (Å²) >= 11 is 0. The molecule has 0 aliphatic rings. The Bertz CT molecular complexity index is 605. The average Bonchev–Trinajstić information content (AvgIpc) is 2.33. The van der Waals surface area contributed by atoms with E-state index in [4.69, 9.17) is 9.05 Å². The first-order valence-corrected chi connectivity index (χ1v) is 9.76. The van der Waals surface area contributed by atoms with Crippen molar-refractivity contribution in [1.82, 2.24) is 0 Å². The largest absolute Gasteiger partial charge is 0.481 e. The minimum absolute atomic E-state index is 0.0370. The molecule has 1 rings (SSSR count). The van der Waals surface area contributed by atoms with E-state index in [1.165, 1.54) is 0 Å². The average molecular weight is 356 g/mol. The van der Waals surface area contributed by atoms with Crippen LogP contribution in [-0.2, 0) is 24.6 Å². The Morgan fingerprint density at radius 2 is 1.54 bits per heavy atom. The van der Waals surface area contributed by atoms with Gasteiger partial charge in [0.1, 0.15) is 0 Å². The Kier molecular flexibility index (Phi) is 6.43. The molecule has 5 nitrogen and oxygen atoms in total. The first-order valence-electron chi connectivity index (χ1n) is 8.04. The Labute approximate surface area is 144 Å². The van der Waals surface area contributed by atoms with Crippen LogP contribution in [0, 0.1) is 0 Å². The number of hydrogen-bond acceptors (Lipinski definition) is 4. The zero-order valence-electron chi connectivity index (χ0n) is 15.6. The molecule has 0 saturated heterocycles. The van der Waals surface area contributed by atoms with Gasteiger partial charge in [0.05, 0.1) is 23.3 Å². The Hall–Kier alpha value is -1.16. The van der Waals surface area contributed by atoms with E-state index in [1.807, 2.05) is 41.5 Å². The minimum Gasteiger partial charge on any atom is -0.481 e. The third-order valence-electron chi connectivity index (χ3n) is 3.08. The molecule has 0 radical (unpaired) electrons. The molecule has 0 aliphatic carbocycles. The van der Waals surface area contributed by atoms with Crippen LogP contribution in [0.15, 0.2) is 24.3 Å². The first kappa shape index (κ1) is 20.9. The van der Waals surface area contributed by atoms with Crippen molar-refractivity contribution in [3.8, 4) is 0 Å². The maximum atomic E-state index is 13.4. The van der Waals surface area contributed by atoms with Crippen molar-refractivity contribution in [3.63, 3.8) is 0 Å². The van der Waals surface area contributed by atoms with Crippen molar-refractivity contribution in [2.75, 3.05) is 0 Å². The number of rotatable bonds is 6. The number of carboxylic acids is 1. The van der Waals surface area contributed by atoms with Gasteiger partial charge in [-0.25, -0.2) is 0 Å². The molecule has 0 spiro atoms. The number of benzene rings is 1. The summed E-state index contributed by atoms with van der Waals surface area (Å²) in [5.74, 6) is -1.62. The van der Waals surface area contributed by atoms with Gasteiger partial charge < -0.3 is 14.2 Å². The molecule has 0 heterocycles. The fourth-order valence-electron chi connectivity index (χ4n) is 2.36. The lowest BCUT2D eigenvalue weighted by molar-refractivity contribution is -0.138. The summed E-state index contributed by atoms with van der Waals surface area (Å²) in [7, 11) is -3.47. The van der Waals surface area contributed by atoms with Gasteiger partial charge in [-0.3, -0.25) is 9.36 Å². The minimum atomic E-state index is -3.47. The second kappa shape index (κ2) is 7.38. The highest BCUT2D eigenvalue weighted by Crippen LogP contribution is 2.57. The lowest BCUT2D eigenvalue weighted by Crippen LogP contribution is -2.24. The molecule has 0 saturated carbocycles. The summed E-state index contributed by atoms with van der Waals surface area (Å²) < 4.78 is 24.9. The monoisotopic (exact) mass is 356 g/mol. The van der Waals surface area contributed by atoms with Crippen molar-refractivity contribution in [3.05, 3.63) is 35.4 Å². The van der Waals surface area contributed by atoms with E-state index in [0.29, 0.717) is 11.1 Å². The van der Waals surface area contributed by atoms with Crippen molar-refractivity contribution in [1.29, 1.82) is 0 Å². The van der Waals surface area contributed by atoms with Crippen LogP contribution in [-0.4, -0.2) is 22.3 Å². The fraction of sp³-hybridized carbons (Fsp3) is 0.611. The normalized spacial score (nSPS) is 14.5. The van der Waals surface area contributed by atoms with E-state index in [1.54, 1.807) is 31.2 Å². The SMILES string of the molecule is CC(C(=O)O)c1ccccc1CP(=O)(OC(C)(C)C)OC(C)(C)C. The molecule has 1 atom stereocenters. The smallest absolute Gasteiger partial charge is 0.336 e. The van der Waals surface area contributed by atoms with Gasteiger partial charge in [-0.15, -0.1) is 0 Å². The molecule has 0 bridgehead atoms. The highest BCUT2D eigenvalue weighted by Gasteiger charge is 2.36. The van der Waals surface area contributed by atoms with E-state index in [2.05, 4.69) is 0 Å². The summed E-state index contributed by atoms with van der Waals surface area (Å²) in [6, 6.07) is 7.09. The van der Waals surface area contributed by atoms with Crippen molar-refractivity contribution >= 4 is 13.6 Å².